The summed E-state index contributed by atoms with van der Waals surface area (Å²) >= 11 is 6.87. The fourth-order valence-corrected chi connectivity index (χ4v) is 2.61. The second kappa shape index (κ2) is 4.75. The van der Waals surface area contributed by atoms with E-state index >= 15 is 0 Å². The highest BCUT2D eigenvalue weighted by Crippen LogP contribution is 2.37. The minimum absolute atomic E-state index is 0.474. The molecule has 1 aliphatic carbocycles. The van der Waals surface area contributed by atoms with E-state index in [0.29, 0.717) is 11.8 Å². The Labute approximate surface area is 111 Å². The number of ether oxygens (including phenoxy) is 1. The highest BCUT2D eigenvalue weighted by molar-refractivity contribution is 9.11. The summed E-state index contributed by atoms with van der Waals surface area (Å²) in [4.78, 5) is 4.42. The quantitative estimate of drug-likeness (QED) is 0.670. The van der Waals surface area contributed by atoms with E-state index in [0.717, 1.165) is 33.2 Å². The summed E-state index contributed by atoms with van der Waals surface area (Å²) in [7, 11) is 1.63. The summed E-state index contributed by atoms with van der Waals surface area (Å²) in [5.74, 6) is 1.94. The van der Waals surface area contributed by atoms with Gasteiger partial charge in [0.15, 0.2) is 0 Å². The summed E-state index contributed by atoms with van der Waals surface area (Å²) in [5.41, 5.74) is 6.70. The molecule has 1 aromatic carbocycles. The fraction of sp³-hybridized carbons (Fsp3) is 0.364. The van der Waals surface area contributed by atoms with Gasteiger partial charge >= 0.3 is 0 Å². The van der Waals surface area contributed by atoms with Crippen molar-refractivity contribution in [2.45, 2.75) is 12.8 Å². The standard InChI is InChI=1S/C11H12Br2N2O/c1-16-10-5-9(7(12)4-8(10)13)15-11(14)6-2-3-6/h4-6H,2-3H2,1H3,(H2,14,15). The molecule has 86 valence electrons. The van der Waals surface area contributed by atoms with Crippen LogP contribution in [0.3, 0.4) is 0 Å². The lowest BCUT2D eigenvalue weighted by molar-refractivity contribution is 0.412. The molecule has 0 aromatic heterocycles. The van der Waals surface area contributed by atoms with Crippen molar-refractivity contribution >= 4 is 43.4 Å². The van der Waals surface area contributed by atoms with Crippen LogP contribution >= 0.6 is 31.9 Å². The average molecular weight is 348 g/mol. The Balaban J connectivity index is 2.36. The smallest absolute Gasteiger partial charge is 0.135 e. The molecular weight excluding hydrogens is 336 g/mol. The van der Waals surface area contributed by atoms with Gasteiger partial charge in [0.05, 0.1) is 17.3 Å². The molecule has 0 spiro atoms. The van der Waals surface area contributed by atoms with E-state index in [1.54, 1.807) is 7.11 Å². The second-order valence-corrected chi connectivity index (χ2v) is 5.46. The number of methoxy groups -OCH3 is 1. The van der Waals surface area contributed by atoms with Gasteiger partial charge in [-0.3, -0.25) is 0 Å². The van der Waals surface area contributed by atoms with Crippen molar-refractivity contribution in [3.63, 3.8) is 0 Å². The molecule has 1 saturated carbocycles. The Morgan fingerprint density at radius 2 is 2.06 bits per heavy atom. The summed E-state index contributed by atoms with van der Waals surface area (Å²) in [5, 5.41) is 0. The molecule has 1 aromatic rings. The predicted molar refractivity (Wildman–Crippen MR) is 72.4 cm³/mol. The van der Waals surface area contributed by atoms with Gasteiger partial charge in [-0.15, -0.1) is 0 Å². The first-order valence-electron chi connectivity index (χ1n) is 4.99. The molecule has 3 nitrogen and oxygen atoms in total. The lowest BCUT2D eigenvalue weighted by Gasteiger charge is -2.07. The van der Waals surface area contributed by atoms with Crippen molar-refractivity contribution in [3.05, 3.63) is 21.1 Å². The molecule has 16 heavy (non-hydrogen) atoms. The molecule has 0 unspecified atom stereocenters. The number of hydrogen-bond donors (Lipinski definition) is 1. The molecule has 0 amide bonds. The van der Waals surface area contributed by atoms with Crippen LogP contribution in [0.25, 0.3) is 0 Å². The maximum atomic E-state index is 5.89. The molecule has 0 saturated heterocycles. The first-order valence-corrected chi connectivity index (χ1v) is 6.57. The van der Waals surface area contributed by atoms with Crippen LogP contribution in [0.2, 0.25) is 0 Å². The topological polar surface area (TPSA) is 47.6 Å². The fourth-order valence-electron chi connectivity index (χ4n) is 1.37. The van der Waals surface area contributed by atoms with Gasteiger partial charge in [-0.2, -0.15) is 0 Å². The molecular formula is C11H12Br2N2O. The van der Waals surface area contributed by atoms with Crippen LogP contribution < -0.4 is 10.5 Å². The first kappa shape index (κ1) is 11.9. The third-order valence-electron chi connectivity index (χ3n) is 2.47. The maximum absolute atomic E-state index is 5.89. The minimum Gasteiger partial charge on any atom is -0.495 e. The summed E-state index contributed by atoms with van der Waals surface area (Å²) < 4.78 is 7.02. The first-order chi connectivity index (χ1) is 7.61. The van der Waals surface area contributed by atoms with Crippen LogP contribution in [0.15, 0.2) is 26.1 Å². The maximum Gasteiger partial charge on any atom is 0.135 e. The summed E-state index contributed by atoms with van der Waals surface area (Å²) in [6.07, 6.45) is 2.31. The number of hydrogen-bond acceptors (Lipinski definition) is 2. The van der Waals surface area contributed by atoms with E-state index in [-0.39, 0.29) is 0 Å². The van der Waals surface area contributed by atoms with Crippen LogP contribution in [0.4, 0.5) is 5.69 Å². The number of benzene rings is 1. The third-order valence-corrected chi connectivity index (χ3v) is 3.72. The van der Waals surface area contributed by atoms with E-state index < -0.39 is 0 Å². The lowest BCUT2D eigenvalue weighted by Crippen LogP contribution is -2.13. The zero-order chi connectivity index (χ0) is 11.7. The average Bonchev–Trinajstić information content (AvgIpc) is 3.05. The van der Waals surface area contributed by atoms with Crippen LogP contribution in [-0.2, 0) is 0 Å². The molecule has 0 heterocycles. The Kier molecular flexibility index (Phi) is 3.54. The molecule has 1 aliphatic rings. The highest BCUT2D eigenvalue weighted by Gasteiger charge is 2.25. The number of aliphatic imine (C=N–C) groups is 1. The minimum atomic E-state index is 0.474. The third kappa shape index (κ3) is 2.58. The molecule has 2 rings (SSSR count). The number of nitrogens with zero attached hydrogens (tertiary/aromatic N) is 1. The van der Waals surface area contributed by atoms with Crippen molar-refractivity contribution < 1.29 is 4.74 Å². The van der Waals surface area contributed by atoms with Crippen LogP contribution in [-0.4, -0.2) is 12.9 Å². The molecule has 0 atom stereocenters. The molecule has 0 bridgehead atoms. The molecule has 0 aliphatic heterocycles. The van der Waals surface area contributed by atoms with Crippen LogP contribution in [0, 0.1) is 5.92 Å². The van der Waals surface area contributed by atoms with E-state index in [1.807, 2.05) is 12.1 Å². The van der Waals surface area contributed by atoms with Gasteiger partial charge in [-0.25, -0.2) is 4.99 Å². The largest absolute Gasteiger partial charge is 0.495 e. The number of amidine groups is 1. The van der Waals surface area contributed by atoms with Gasteiger partial charge < -0.3 is 10.5 Å². The van der Waals surface area contributed by atoms with E-state index in [1.165, 1.54) is 0 Å². The van der Waals surface area contributed by atoms with Gasteiger partial charge in [0.2, 0.25) is 0 Å². The van der Waals surface area contributed by atoms with Gasteiger partial charge in [-0.1, -0.05) is 0 Å². The van der Waals surface area contributed by atoms with Crippen molar-refractivity contribution in [2.75, 3.05) is 7.11 Å². The zero-order valence-electron chi connectivity index (χ0n) is 8.84. The van der Waals surface area contributed by atoms with Gasteiger partial charge in [0.25, 0.3) is 0 Å². The SMILES string of the molecule is COc1cc(N=C(N)C2CC2)c(Br)cc1Br. The second-order valence-electron chi connectivity index (χ2n) is 3.75. The van der Waals surface area contributed by atoms with E-state index in [2.05, 4.69) is 36.9 Å². The molecule has 0 radical (unpaired) electrons. The van der Waals surface area contributed by atoms with Crippen LogP contribution in [0.5, 0.6) is 5.75 Å². The van der Waals surface area contributed by atoms with Gasteiger partial charge in [-0.05, 0) is 50.8 Å². The summed E-state index contributed by atoms with van der Waals surface area (Å²) in [6.45, 7) is 0. The van der Waals surface area contributed by atoms with E-state index in [9.17, 15) is 0 Å². The zero-order valence-corrected chi connectivity index (χ0v) is 12.0. The van der Waals surface area contributed by atoms with Crippen molar-refractivity contribution in [1.82, 2.24) is 0 Å². The van der Waals surface area contributed by atoms with Crippen molar-refractivity contribution in [1.29, 1.82) is 0 Å². The number of halogens is 2. The normalized spacial score (nSPS) is 16.3. The Morgan fingerprint density at radius 1 is 1.38 bits per heavy atom. The Morgan fingerprint density at radius 3 is 2.62 bits per heavy atom. The van der Waals surface area contributed by atoms with Crippen molar-refractivity contribution in [3.8, 4) is 5.75 Å². The number of rotatable bonds is 3. The number of nitrogens with two attached hydrogens (primary N) is 1. The van der Waals surface area contributed by atoms with Crippen LogP contribution in [0.1, 0.15) is 12.8 Å². The molecule has 1 fully saturated rings. The van der Waals surface area contributed by atoms with Gasteiger partial charge in [0.1, 0.15) is 11.6 Å². The molecule has 2 N–H and O–H groups in total. The summed E-state index contributed by atoms with van der Waals surface area (Å²) in [6, 6.07) is 3.78. The van der Waals surface area contributed by atoms with Gasteiger partial charge in [0, 0.05) is 16.5 Å². The molecule has 5 heteroatoms. The van der Waals surface area contributed by atoms with Crippen molar-refractivity contribution in [2.24, 2.45) is 16.6 Å². The monoisotopic (exact) mass is 346 g/mol. The lowest BCUT2D eigenvalue weighted by atomic mass is 10.3. The Hall–Kier alpha value is -0.550. The Bertz CT molecular complexity index is 442. The highest BCUT2D eigenvalue weighted by atomic mass is 79.9. The predicted octanol–water partition coefficient (Wildman–Crippen LogP) is 3.62. The van der Waals surface area contributed by atoms with E-state index in [4.69, 9.17) is 10.5 Å².